The lowest BCUT2D eigenvalue weighted by Crippen LogP contribution is -2.17. The molecule has 0 fully saturated rings. The molecule has 0 aliphatic rings. The fourth-order valence-electron chi connectivity index (χ4n) is 1.30. The number of hydrogen-bond acceptors (Lipinski definition) is 3. The van der Waals surface area contributed by atoms with Crippen molar-refractivity contribution >= 4 is 0 Å². The van der Waals surface area contributed by atoms with E-state index in [2.05, 4.69) is 5.32 Å². The summed E-state index contributed by atoms with van der Waals surface area (Å²) in [6.07, 6.45) is -0.619. The average molecular weight is 225 g/mol. The highest BCUT2D eigenvalue weighted by atomic mass is 16.5. The second-order valence-corrected chi connectivity index (χ2v) is 3.03. The average Bonchev–Trinajstić information content (AvgIpc) is 2.38. The molecule has 0 amide bonds. The maximum Gasteiger partial charge on any atom is 0.131 e. The Balaban J connectivity index is 0.00000106. The van der Waals surface area contributed by atoms with E-state index in [1.165, 1.54) is 0 Å². The van der Waals surface area contributed by atoms with Crippen LogP contribution in [0.5, 0.6) is 0 Å². The third-order valence-corrected chi connectivity index (χ3v) is 2.08. The van der Waals surface area contributed by atoms with E-state index in [-0.39, 0.29) is 0 Å². The first-order valence-corrected chi connectivity index (χ1v) is 5.80. The Labute approximate surface area is 98.4 Å². The van der Waals surface area contributed by atoms with Crippen LogP contribution in [0.3, 0.4) is 0 Å². The first-order chi connectivity index (χ1) is 7.79. The van der Waals surface area contributed by atoms with Crippen molar-refractivity contribution in [1.29, 1.82) is 0 Å². The molecule has 0 radical (unpaired) electrons. The molecule has 0 aromatic heterocycles. The Morgan fingerprint density at radius 2 is 1.94 bits per heavy atom. The number of benzene rings is 1. The summed E-state index contributed by atoms with van der Waals surface area (Å²) >= 11 is 0. The Bertz CT molecular complexity index is 276. The molecule has 0 aliphatic heterocycles. The van der Waals surface area contributed by atoms with Crippen molar-refractivity contribution in [1.82, 2.24) is 5.32 Å². The molecule has 1 aromatic rings. The summed E-state index contributed by atoms with van der Waals surface area (Å²) in [7, 11) is 1.72. The van der Waals surface area contributed by atoms with Crippen LogP contribution >= 0.6 is 0 Å². The monoisotopic (exact) mass is 225 g/mol. The highest BCUT2D eigenvalue weighted by Crippen LogP contribution is 2.16. The summed E-state index contributed by atoms with van der Waals surface area (Å²) < 4.78 is 5.32. The summed E-state index contributed by atoms with van der Waals surface area (Å²) in [6, 6.07) is 7.71. The molecule has 2 N–H and O–H groups in total. The fraction of sp³-hybridized carbons (Fsp3) is 0.538. The van der Waals surface area contributed by atoms with Gasteiger partial charge in [-0.25, -0.2) is 0 Å². The van der Waals surface area contributed by atoms with Crippen molar-refractivity contribution in [3.05, 3.63) is 35.4 Å². The van der Waals surface area contributed by atoms with Gasteiger partial charge in [0.05, 0.1) is 6.61 Å². The first-order valence-electron chi connectivity index (χ1n) is 5.80. The second kappa shape index (κ2) is 9.33. The summed E-state index contributed by atoms with van der Waals surface area (Å²) in [5.74, 6) is 0. The number of ether oxygens (including phenoxy) is 1. The van der Waals surface area contributed by atoms with Gasteiger partial charge in [0.15, 0.2) is 0 Å². The van der Waals surface area contributed by atoms with Crippen LogP contribution in [-0.2, 0) is 11.3 Å². The first kappa shape index (κ1) is 15.1. The Hall–Kier alpha value is -0.900. The van der Waals surface area contributed by atoms with Crippen molar-refractivity contribution in [3.8, 4) is 0 Å². The summed E-state index contributed by atoms with van der Waals surface area (Å²) in [6.45, 7) is 7.19. The smallest absolute Gasteiger partial charge is 0.131 e. The van der Waals surface area contributed by atoms with Crippen LogP contribution in [0.4, 0.5) is 0 Å². The van der Waals surface area contributed by atoms with Crippen molar-refractivity contribution in [2.45, 2.75) is 33.6 Å². The quantitative estimate of drug-likeness (QED) is 0.756. The van der Waals surface area contributed by atoms with Gasteiger partial charge in [-0.3, -0.25) is 5.32 Å². The van der Waals surface area contributed by atoms with E-state index < -0.39 is 6.23 Å². The van der Waals surface area contributed by atoms with Crippen LogP contribution in [0.25, 0.3) is 0 Å². The zero-order valence-corrected chi connectivity index (χ0v) is 10.7. The molecule has 16 heavy (non-hydrogen) atoms. The SMILES string of the molecule is CC.CCOCc1ccccc1C(O)NC. The van der Waals surface area contributed by atoms with Crippen LogP contribution in [0.1, 0.15) is 38.1 Å². The van der Waals surface area contributed by atoms with Gasteiger partial charge in [-0.1, -0.05) is 38.1 Å². The lowest BCUT2D eigenvalue weighted by atomic mass is 10.1. The lowest BCUT2D eigenvalue weighted by molar-refractivity contribution is 0.121. The minimum absolute atomic E-state index is 0.547. The zero-order chi connectivity index (χ0) is 12.4. The maximum atomic E-state index is 9.64. The molecule has 1 rings (SSSR count). The van der Waals surface area contributed by atoms with E-state index in [1.807, 2.05) is 45.0 Å². The Kier molecular flexibility index (Phi) is 8.81. The van der Waals surface area contributed by atoms with Crippen molar-refractivity contribution in [2.75, 3.05) is 13.7 Å². The third kappa shape index (κ3) is 4.75. The van der Waals surface area contributed by atoms with E-state index in [4.69, 9.17) is 4.74 Å². The van der Waals surface area contributed by atoms with Gasteiger partial charge in [-0.05, 0) is 19.5 Å². The largest absolute Gasteiger partial charge is 0.377 e. The number of rotatable bonds is 5. The molecule has 0 bridgehead atoms. The van der Waals surface area contributed by atoms with E-state index in [0.29, 0.717) is 13.2 Å². The van der Waals surface area contributed by atoms with Crippen LogP contribution in [-0.4, -0.2) is 18.8 Å². The topological polar surface area (TPSA) is 41.5 Å². The molecule has 0 spiro atoms. The Morgan fingerprint density at radius 3 is 2.50 bits per heavy atom. The summed E-state index contributed by atoms with van der Waals surface area (Å²) in [4.78, 5) is 0. The predicted molar refractivity (Wildman–Crippen MR) is 67.1 cm³/mol. The van der Waals surface area contributed by atoms with Gasteiger partial charge in [-0.15, -0.1) is 0 Å². The number of aliphatic hydroxyl groups excluding tert-OH is 1. The van der Waals surface area contributed by atoms with Gasteiger partial charge in [0.25, 0.3) is 0 Å². The van der Waals surface area contributed by atoms with Crippen molar-refractivity contribution in [2.24, 2.45) is 0 Å². The molecule has 0 saturated carbocycles. The number of nitrogens with one attached hydrogen (secondary N) is 1. The molecule has 1 unspecified atom stereocenters. The fourth-order valence-corrected chi connectivity index (χ4v) is 1.30. The molecular formula is C13H23NO2. The van der Waals surface area contributed by atoms with E-state index in [1.54, 1.807) is 7.05 Å². The van der Waals surface area contributed by atoms with E-state index >= 15 is 0 Å². The molecule has 3 nitrogen and oxygen atoms in total. The van der Waals surface area contributed by atoms with E-state index in [9.17, 15) is 5.11 Å². The second-order valence-electron chi connectivity index (χ2n) is 3.03. The van der Waals surface area contributed by atoms with Crippen LogP contribution < -0.4 is 5.32 Å². The summed E-state index contributed by atoms with van der Waals surface area (Å²) in [5, 5.41) is 12.4. The predicted octanol–water partition coefficient (Wildman–Crippen LogP) is 2.46. The third-order valence-electron chi connectivity index (χ3n) is 2.08. The van der Waals surface area contributed by atoms with Crippen LogP contribution in [0, 0.1) is 0 Å². The number of hydrogen-bond donors (Lipinski definition) is 2. The van der Waals surface area contributed by atoms with Crippen molar-refractivity contribution < 1.29 is 9.84 Å². The normalized spacial score (nSPS) is 11.6. The maximum absolute atomic E-state index is 9.64. The summed E-state index contributed by atoms with van der Waals surface area (Å²) in [5.41, 5.74) is 1.90. The highest BCUT2D eigenvalue weighted by Gasteiger charge is 2.08. The van der Waals surface area contributed by atoms with E-state index in [0.717, 1.165) is 11.1 Å². The molecular weight excluding hydrogens is 202 g/mol. The molecule has 0 heterocycles. The molecule has 1 atom stereocenters. The highest BCUT2D eigenvalue weighted by molar-refractivity contribution is 5.28. The van der Waals surface area contributed by atoms with Gasteiger partial charge in [-0.2, -0.15) is 0 Å². The minimum Gasteiger partial charge on any atom is -0.377 e. The molecule has 0 saturated heterocycles. The molecule has 0 aliphatic carbocycles. The minimum atomic E-state index is -0.619. The molecule has 1 aromatic carbocycles. The molecule has 92 valence electrons. The van der Waals surface area contributed by atoms with Gasteiger partial charge in [0, 0.05) is 12.2 Å². The Morgan fingerprint density at radius 1 is 1.31 bits per heavy atom. The van der Waals surface area contributed by atoms with Gasteiger partial charge in [0.1, 0.15) is 6.23 Å². The number of aliphatic hydroxyl groups is 1. The van der Waals surface area contributed by atoms with Gasteiger partial charge >= 0.3 is 0 Å². The van der Waals surface area contributed by atoms with Crippen molar-refractivity contribution in [3.63, 3.8) is 0 Å². The van der Waals surface area contributed by atoms with Gasteiger partial charge < -0.3 is 9.84 Å². The van der Waals surface area contributed by atoms with Gasteiger partial charge in [0.2, 0.25) is 0 Å². The van der Waals surface area contributed by atoms with Crippen LogP contribution in [0.15, 0.2) is 24.3 Å². The van der Waals surface area contributed by atoms with Crippen LogP contribution in [0.2, 0.25) is 0 Å². The zero-order valence-electron chi connectivity index (χ0n) is 10.7. The standard InChI is InChI=1S/C11H17NO2.C2H6/c1-3-14-8-9-6-4-5-7-10(9)11(13)12-2;1-2/h4-7,11-13H,3,8H2,1-2H3;1-2H3. The molecule has 3 heteroatoms. The lowest BCUT2D eigenvalue weighted by Gasteiger charge is -2.14.